The lowest BCUT2D eigenvalue weighted by molar-refractivity contribution is 0.282. The number of pyridine rings is 1. The number of fused-ring (bicyclic) bond motifs is 1. The molecule has 25 heavy (non-hydrogen) atoms. The summed E-state index contributed by atoms with van der Waals surface area (Å²) in [6.45, 7) is 2.08. The number of hydrogen-bond acceptors (Lipinski definition) is 4. The Morgan fingerprint density at radius 1 is 1.00 bits per heavy atom. The molecule has 2 aromatic heterocycles. The summed E-state index contributed by atoms with van der Waals surface area (Å²) in [7, 11) is 0. The summed E-state index contributed by atoms with van der Waals surface area (Å²) in [4.78, 5) is 4.52. The lowest BCUT2D eigenvalue weighted by Gasteiger charge is -2.04. The van der Waals surface area contributed by atoms with Gasteiger partial charge >= 0.3 is 0 Å². The van der Waals surface area contributed by atoms with Gasteiger partial charge in [0, 0.05) is 17.4 Å². The van der Waals surface area contributed by atoms with Crippen LogP contribution < -0.4 is 5.32 Å². The van der Waals surface area contributed by atoms with Crippen molar-refractivity contribution in [1.82, 2.24) is 14.6 Å². The van der Waals surface area contributed by atoms with Crippen molar-refractivity contribution < 1.29 is 5.11 Å². The Morgan fingerprint density at radius 2 is 1.88 bits per heavy atom. The Balaban J connectivity index is 1.68. The van der Waals surface area contributed by atoms with Crippen molar-refractivity contribution in [3.63, 3.8) is 0 Å². The number of aromatic nitrogens is 3. The van der Waals surface area contributed by atoms with Crippen LogP contribution in [0.4, 0.5) is 11.6 Å². The predicted octanol–water partition coefficient (Wildman–Crippen LogP) is 3.94. The minimum absolute atomic E-state index is 0.0317. The Kier molecular flexibility index (Phi) is 3.91. The summed E-state index contributed by atoms with van der Waals surface area (Å²) in [6, 6.07) is 19.8. The number of nitrogens with zero attached hydrogens (tertiary/aromatic N) is 3. The molecule has 0 aliphatic carbocycles. The van der Waals surface area contributed by atoms with Crippen LogP contribution in [0, 0.1) is 6.92 Å². The molecule has 0 bridgehead atoms. The van der Waals surface area contributed by atoms with E-state index in [0.29, 0.717) is 5.95 Å². The third kappa shape index (κ3) is 3.09. The van der Waals surface area contributed by atoms with Gasteiger partial charge in [-0.3, -0.25) is 0 Å². The van der Waals surface area contributed by atoms with E-state index in [4.69, 9.17) is 0 Å². The standard InChI is InChI=1S/C20H18N4O/c1-14-5-2-3-8-18(14)21-20-22-19-10-9-17(12-24(19)23-20)16-7-4-6-15(11-16)13-25/h2-12,25H,13H2,1H3,(H,21,23). The average molecular weight is 330 g/mol. The van der Waals surface area contributed by atoms with E-state index >= 15 is 0 Å². The fraction of sp³-hybridized carbons (Fsp3) is 0.100. The number of rotatable bonds is 4. The Bertz CT molecular complexity index is 1040. The number of benzene rings is 2. The van der Waals surface area contributed by atoms with Gasteiger partial charge in [0.1, 0.15) is 0 Å². The summed E-state index contributed by atoms with van der Waals surface area (Å²) in [6.07, 6.45) is 1.95. The fourth-order valence-corrected chi connectivity index (χ4v) is 2.79. The molecular formula is C20H18N4O. The van der Waals surface area contributed by atoms with Gasteiger partial charge in [-0.1, -0.05) is 36.4 Å². The van der Waals surface area contributed by atoms with Crippen molar-refractivity contribution in [3.05, 3.63) is 78.0 Å². The second kappa shape index (κ2) is 6.37. The molecule has 0 spiro atoms. The van der Waals surface area contributed by atoms with Crippen LogP contribution in [0.5, 0.6) is 0 Å². The SMILES string of the molecule is Cc1ccccc1Nc1nc2ccc(-c3cccc(CO)c3)cn2n1. The van der Waals surface area contributed by atoms with Gasteiger partial charge in [-0.2, -0.15) is 4.98 Å². The Labute approximate surface area is 145 Å². The van der Waals surface area contributed by atoms with Crippen LogP contribution in [-0.2, 0) is 6.61 Å². The third-order valence-electron chi connectivity index (χ3n) is 4.17. The molecule has 0 fully saturated rings. The van der Waals surface area contributed by atoms with E-state index in [9.17, 15) is 5.11 Å². The first-order valence-electron chi connectivity index (χ1n) is 8.12. The zero-order chi connectivity index (χ0) is 17.2. The average Bonchev–Trinajstić information content (AvgIpc) is 3.05. The van der Waals surface area contributed by atoms with Crippen LogP contribution in [0.25, 0.3) is 16.8 Å². The van der Waals surface area contributed by atoms with Crippen molar-refractivity contribution in [1.29, 1.82) is 0 Å². The van der Waals surface area contributed by atoms with Crippen LogP contribution in [0.3, 0.4) is 0 Å². The summed E-state index contributed by atoms with van der Waals surface area (Å²) in [5.41, 5.74) is 5.86. The topological polar surface area (TPSA) is 62.5 Å². The monoisotopic (exact) mass is 330 g/mol. The van der Waals surface area contributed by atoms with Crippen LogP contribution in [-0.4, -0.2) is 19.7 Å². The molecule has 0 atom stereocenters. The van der Waals surface area contributed by atoms with E-state index < -0.39 is 0 Å². The molecular weight excluding hydrogens is 312 g/mol. The molecule has 124 valence electrons. The second-order valence-electron chi connectivity index (χ2n) is 5.95. The zero-order valence-corrected chi connectivity index (χ0v) is 13.8. The quantitative estimate of drug-likeness (QED) is 0.595. The molecule has 2 aromatic carbocycles. The van der Waals surface area contributed by atoms with Gasteiger partial charge in [0.2, 0.25) is 5.95 Å². The summed E-state index contributed by atoms with van der Waals surface area (Å²) in [5.74, 6) is 0.565. The maximum absolute atomic E-state index is 9.31. The second-order valence-corrected chi connectivity index (χ2v) is 5.95. The van der Waals surface area contributed by atoms with Gasteiger partial charge < -0.3 is 10.4 Å². The van der Waals surface area contributed by atoms with Gasteiger partial charge in [-0.25, -0.2) is 4.52 Å². The number of aliphatic hydroxyl groups excluding tert-OH is 1. The molecule has 0 amide bonds. The molecule has 0 aliphatic rings. The summed E-state index contributed by atoms with van der Waals surface area (Å²) < 4.78 is 1.77. The normalized spacial score (nSPS) is 11.0. The number of aryl methyl sites for hydroxylation is 1. The van der Waals surface area contributed by atoms with Gasteiger partial charge in [0.25, 0.3) is 0 Å². The first kappa shape index (κ1) is 15.4. The maximum atomic E-state index is 9.31. The summed E-state index contributed by atoms with van der Waals surface area (Å²) >= 11 is 0. The molecule has 0 saturated heterocycles. The number of para-hydroxylation sites is 1. The highest BCUT2D eigenvalue weighted by Crippen LogP contribution is 2.22. The summed E-state index contributed by atoms with van der Waals surface area (Å²) in [5, 5.41) is 17.1. The highest BCUT2D eigenvalue weighted by Gasteiger charge is 2.07. The molecule has 0 radical (unpaired) electrons. The number of aliphatic hydroxyl groups is 1. The minimum atomic E-state index is 0.0317. The van der Waals surface area contributed by atoms with Crippen molar-refractivity contribution >= 4 is 17.3 Å². The first-order chi connectivity index (χ1) is 12.2. The van der Waals surface area contributed by atoms with Crippen LogP contribution in [0.2, 0.25) is 0 Å². The highest BCUT2D eigenvalue weighted by molar-refractivity contribution is 5.66. The lowest BCUT2D eigenvalue weighted by Crippen LogP contribution is -1.95. The van der Waals surface area contributed by atoms with Gasteiger partial charge in [0.15, 0.2) is 5.65 Å². The lowest BCUT2D eigenvalue weighted by atomic mass is 10.1. The molecule has 0 saturated carbocycles. The van der Waals surface area contributed by atoms with Gasteiger partial charge in [-0.15, -0.1) is 5.10 Å². The molecule has 5 nitrogen and oxygen atoms in total. The van der Waals surface area contributed by atoms with E-state index in [-0.39, 0.29) is 6.61 Å². The van der Waals surface area contributed by atoms with Crippen molar-refractivity contribution in [2.45, 2.75) is 13.5 Å². The van der Waals surface area contributed by atoms with Crippen LogP contribution in [0.15, 0.2) is 66.9 Å². The van der Waals surface area contributed by atoms with Gasteiger partial charge in [0.05, 0.1) is 6.61 Å². The molecule has 2 N–H and O–H groups in total. The smallest absolute Gasteiger partial charge is 0.247 e. The number of nitrogens with one attached hydrogen (secondary N) is 1. The van der Waals surface area contributed by atoms with Crippen LogP contribution in [0.1, 0.15) is 11.1 Å². The van der Waals surface area contributed by atoms with Gasteiger partial charge in [-0.05, 0) is 47.9 Å². The third-order valence-corrected chi connectivity index (χ3v) is 4.17. The Morgan fingerprint density at radius 3 is 2.72 bits per heavy atom. The van der Waals surface area contributed by atoms with E-state index in [1.165, 1.54) is 0 Å². The minimum Gasteiger partial charge on any atom is -0.392 e. The number of hydrogen-bond donors (Lipinski definition) is 2. The predicted molar refractivity (Wildman–Crippen MR) is 98.8 cm³/mol. The number of anilines is 2. The Hall–Kier alpha value is -3.18. The van der Waals surface area contributed by atoms with E-state index in [2.05, 4.69) is 15.4 Å². The fourth-order valence-electron chi connectivity index (χ4n) is 2.79. The van der Waals surface area contributed by atoms with E-state index in [1.807, 2.05) is 73.8 Å². The zero-order valence-electron chi connectivity index (χ0n) is 13.8. The van der Waals surface area contributed by atoms with Crippen molar-refractivity contribution in [2.75, 3.05) is 5.32 Å². The molecule has 5 heteroatoms. The van der Waals surface area contributed by atoms with Crippen molar-refractivity contribution in [3.8, 4) is 11.1 Å². The molecule has 0 unspecified atom stereocenters. The maximum Gasteiger partial charge on any atom is 0.247 e. The molecule has 4 rings (SSSR count). The molecule has 2 heterocycles. The molecule has 0 aliphatic heterocycles. The van der Waals surface area contributed by atoms with E-state index in [1.54, 1.807) is 4.52 Å². The van der Waals surface area contributed by atoms with E-state index in [0.717, 1.165) is 33.6 Å². The van der Waals surface area contributed by atoms with Crippen LogP contribution >= 0.6 is 0 Å². The van der Waals surface area contributed by atoms with Crippen molar-refractivity contribution in [2.24, 2.45) is 0 Å². The highest BCUT2D eigenvalue weighted by atomic mass is 16.3. The first-order valence-corrected chi connectivity index (χ1v) is 8.12. The molecule has 4 aromatic rings. The largest absolute Gasteiger partial charge is 0.392 e.